The van der Waals surface area contributed by atoms with Gasteiger partial charge in [0.25, 0.3) is 5.56 Å². The molecule has 6 aliphatic rings. The first-order valence-electron chi connectivity index (χ1n) is 36.7. The Bertz CT molecular complexity index is 3890. The van der Waals surface area contributed by atoms with E-state index in [1.807, 2.05) is 20.8 Å². The average molecular weight is 1420 g/mol. The molecule has 3 saturated carbocycles. The molecular formula is C77H111Cl2N13O8. The van der Waals surface area contributed by atoms with Crippen LogP contribution in [-0.2, 0) is 52.0 Å². The van der Waals surface area contributed by atoms with E-state index in [-0.39, 0.29) is 36.0 Å². The van der Waals surface area contributed by atoms with Gasteiger partial charge in [0.2, 0.25) is 5.88 Å². The highest BCUT2D eigenvalue weighted by atomic mass is 35.5. The zero-order chi connectivity index (χ0) is 68.1. The highest BCUT2D eigenvalue weighted by molar-refractivity contribution is 5.87. The van der Waals surface area contributed by atoms with Crippen molar-refractivity contribution in [1.29, 1.82) is 0 Å². The normalized spacial score (nSPS) is 17.5. The molecule has 2 N–H and O–H groups in total. The van der Waals surface area contributed by atoms with Crippen molar-refractivity contribution >= 4 is 57.7 Å². The maximum absolute atomic E-state index is 11.9. The number of aromatic amines is 1. The number of aryl methyl sites for hydroxylation is 3. The molecule has 3 saturated heterocycles. The minimum Gasteiger partial charge on any atom is -0.493 e. The van der Waals surface area contributed by atoms with E-state index < -0.39 is 0 Å². The van der Waals surface area contributed by atoms with Gasteiger partial charge in [0, 0.05) is 73.7 Å². The van der Waals surface area contributed by atoms with Crippen LogP contribution in [0.15, 0.2) is 79.5 Å². The van der Waals surface area contributed by atoms with Gasteiger partial charge in [0.15, 0.2) is 16.7 Å². The molecule has 0 radical (unpaired) electrons. The Morgan fingerprint density at radius 1 is 0.470 bits per heavy atom. The molecule has 0 unspecified atom stereocenters. The topological polar surface area (TPSA) is 215 Å². The van der Waals surface area contributed by atoms with Gasteiger partial charge in [0.1, 0.15) is 34.2 Å². The van der Waals surface area contributed by atoms with E-state index in [0.717, 1.165) is 232 Å². The smallest absolute Gasteiger partial charge is 0.270 e. The number of nitrogens with zero attached hydrogens (tertiary/aromatic N) is 11. The number of halogens is 2. The standard InChI is InChI=1S/C30H43N5O3.C26H35N5O3.C21H31N3O2.2ClH/c1-30(2,3)37-29-26(31-14-15-32-29)19-35-16-12-21(13-17-35)8-10-25-23-9-11-27(36-20-22-6-7-22)24(18-34(4)5)28(23)38-33-25;1-30(2)15-21-24(33-17-19-3-4-19)8-6-20-22(29-34-25(20)21)7-5-18-9-13-31(14-10-18)16-23-26(32)28-12-11-27-23;1-24(2)13-18-20(25-14-16-3-4-16)8-6-17-19(23-26-21(17)18)7-5-15-9-11-22-12-10-15;;/h9,11,14-15,21-22H,6-8,10,12-13,16-20H2,1-5H3;6,8,11-12,18-19H,3-5,7,9-10,13-17H2,1-2H3,(H,28,32);6,8,15-16,22H,3-5,7,9-14H2,1-2H3;2*1H. The second-order valence-electron chi connectivity index (χ2n) is 30.8. The van der Waals surface area contributed by atoms with Crippen molar-refractivity contribution in [3.63, 3.8) is 0 Å². The van der Waals surface area contributed by atoms with Crippen molar-refractivity contribution < 1.29 is 32.5 Å². The van der Waals surface area contributed by atoms with E-state index in [1.54, 1.807) is 24.8 Å². The summed E-state index contributed by atoms with van der Waals surface area (Å²) in [6.07, 6.45) is 27.9. The molecule has 0 bridgehead atoms. The number of fused-ring (bicyclic) bond motifs is 3. The fourth-order valence-corrected chi connectivity index (χ4v) is 13.9. The number of rotatable bonds is 29. The lowest BCUT2D eigenvalue weighted by Gasteiger charge is -2.32. The van der Waals surface area contributed by atoms with E-state index in [1.165, 1.54) is 70.6 Å². The number of H-pyrrole nitrogens is 1. The van der Waals surface area contributed by atoms with Gasteiger partial charge in [-0.2, -0.15) is 0 Å². The van der Waals surface area contributed by atoms with Crippen molar-refractivity contribution in [3.8, 4) is 23.1 Å². The monoisotopic (exact) mass is 1420 g/mol. The molecule has 0 amide bonds. The molecule has 14 rings (SSSR count). The van der Waals surface area contributed by atoms with Crippen LogP contribution in [0.2, 0.25) is 0 Å². The first-order valence-corrected chi connectivity index (χ1v) is 36.7. The summed E-state index contributed by atoms with van der Waals surface area (Å²) in [4.78, 5) is 39.1. The summed E-state index contributed by atoms with van der Waals surface area (Å²) < 4.78 is 42.1. The van der Waals surface area contributed by atoms with Gasteiger partial charge in [-0.3, -0.25) is 24.6 Å². The number of likely N-dealkylation sites (tertiary alicyclic amines) is 2. The second-order valence-corrected chi connectivity index (χ2v) is 30.8. The molecule has 8 aromatic rings. The summed E-state index contributed by atoms with van der Waals surface area (Å²) in [5, 5.41) is 20.3. The quantitative estimate of drug-likeness (QED) is 0.0446. The van der Waals surface area contributed by atoms with Crippen LogP contribution in [0.25, 0.3) is 32.9 Å². The molecular weight excluding hydrogens is 1310 g/mol. The molecule has 0 spiro atoms. The minimum atomic E-state index is -0.290. The summed E-state index contributed by atoms with van der Waals surface area (Å²) in [6, 6.07) is 12.7. The lowest BCUT2D eigenvalue weighted by molar-refractivity contribution is 0.116. The Labute approximate surface area is 603 Å². The van der Waals surface area contributed by atoms with Crippen LogP contribution in [0.4, 0.5) is 0 Å². The van der Waals surface area contributed by atoms with E-state index in [2.05, 4.69) is 144 Å². The maximum Gasteiger partial charge on any atom is 0.270 e. The Balaban J connectivity index is 0.000000163. The van der Waals surface area contributed by atoms with E-state index in [4.69, 9.17) is 32.5 Å². The third-order valence-electron chi connectivity index (χ3n) is 20.2. The van der Waals surface area contributed by atoms with Crippen LogP contribution in [0.5, 0.6) is 23.1 Å². The van der Waals surface area contributed by atoms with Crippen LogP contribution in [0.1, 0.15) is 162 Å². The molecule has 3 aliphatic heterocycles. The van der Waals surface area contributed by atoms with Gasteiger partial charge in [-0.1, -0.05) is 15.5 Å². The maximum atomic E-state index is 11.9. The SMILES string of the molecule is CN(C)Cc1c(OCC2CC2)ccc2c(CCC3CCN(Cc4ncc[nH]c4=O)CC3)noc12.CN(C)Cc1c(OCC2CC2)ccc2c(CCC3CCN(Cc4nccnc4OC(C)(C)C)CC3)noc12.CN(C)Cc1c(OCC2CC2)ccc2c(CCC3CCNCC3)noc12.Cl.Cl. The summed E-state index contributed by atoms with van der Waals surface area (Å²) in [5.74, 6) is 7.80. The predicted octanol–water partition coefficient (Wildman–Crippen LogP) is 13.6. The number of hydrogen-bond acceptors (Lipinski definition) is 20. The van der Waals surface area contributed by atoms with Crippen LogP contribution in [-0.4, -0.2) is 167 Å². The fraction of sp³-hybridized carbons (Fsp3) is 0.623. The molecule has 0 atom stereocenters. The molecule has 5 aromatic heterocycles. The van der Waals surface area contributed by atoms with Crippen molar-refractivity contribution in [1.82, 2.24) is 65.2 Å². The Hall–Kier alpha value is -6.43. The largest absolute Gasteiger partial charge is 0.493 e. The zero-order valence-corrected chi connectivity index (χ0v) is 62.5. The van der Waals surface area contributed by atoms with Gasteiger partial charge in [0.05, 0.1) is 53.6 Å². The van der Waals surface area contributed by atoms with Crippen LogP contribution in [0.3, 0.4) is 0 Å². The van der Waals surface area contributed by atoms with Gasteiger partial charge >= 0.3 is 0 Å². The molecule has 3 aliphatic carbocycles. The molecule has 100 heavy (non-hydrogen) atoms. The summed E-state index contributed by atoms with van der Waals surface area (Å²) in [6.45, 7) is 18.7. The lowest BCUT2D eigenvalue weighted by Crippen LogP contribution is -2.35. The van der Waals surface area contributed by atoms with Crippen LogP contribution >= 0.6 is 24.8 Å². The molecule has 23 heteroatoms. The number of hydrogen-bond donors (Lipinski definition) is 2. The summed E-state index contributed by atoms with van der Waals surface area (Å²) in [5.41, 5.74) is 10.4. The van der Waals surface area contributed by atoms with E-state index in [9.17, 15) is 4.79 Å². The number of benzene rings is 3. The van der Waals surface area contributed by atoms with E-state index in [0.29, 0.717) is 41.8 Å². The Morgan fingerprint density at radius 2 is 0.840 bits per heavy atom. The average Bonchev–Trinajstić information content (AvgIpc) is 1.64. The molecule has 21 nitrogen and oxygen atoms in total. The van der Waals surface area contributed by atoms with Crippen LogP contribution < -0.4 is 29.8 Å². The van der Waals surface area contributed by atoms with Crippen molar-refractivity contribution in [2.75, 3.05) is 101 Å². The highest BCUT2D eigenvalue weighted by Crippen LogP contribution is 2.39. The first kappa shape index (κ1) is 76.2. The number of ether oxygens (including phenoxy) is 4. The Kier molecular flexibility index (Phi) is 27.5. The lowest BCUT2D eigenvalue weighted by atomic mass is 9.91. The molecule has 6 fully saturated rings. The third-order valence-corrected chi connectivity index (χ3v) is 20.2. The molecule has 546 valence electrons. The van der Waals surface area contributed by atoms with Gasteiger partial charge < -0.3 is 57.5 Å². The summed E-state index contributed by atoms with van der Waals surface area (Å²) in [7, 11) is 12.5. The van der Waals surface area contributed by atoms with Gasteiger partial charge in [-0.25, -0.2) is 4.98 Å². The van der Waals surface area contributed by atoms with E-state index >= 15 is 0 Å². The van der Waals surface area contributed by atoms with Gasteiger partial charge in [-0.15, -0.1) is 24.8 Å². The number of piperidine rings is 3. The molecule has 3 aromatic carbocycles. The van der Waals surface area contributed by atoms with Crippen LogP contribution in [0, 0.1) is 35.5 Å². The minimum absolute atomic E-state index is 0. The summed E-state index contributed by atoms with van der Waals surface area (Å²) >= 11 is 0. The highest BCUT2D eigenvalue weighted by Gasteiger charge is 2.30. The first-order chi connectivity index (χ1) is 47.5. The van der Waals surface area contributed by atoms with Crippen molar-refractivity contribution in [2.24, 2.45) is 35.5 Å². The fourth-order valence-electron chi connectivity index (χ4n) is 13.9. The van der Waals surface area contributed by atoms with Crippen molar-refractivity contribution in [3.05, 3.63) is 117 Å². The predicted molar refractivity (Wildman–Crippen MR) is 397 cm³/mol. The molecule has 8 heterocycles. The number of aromatic nitrogens is 7. The number of nitrogens with one attached hydrogen (secondary N) is 2. The second kappa shape index (κ2) is 36.1. The van der Waals surface area contributed by atoms with Crippen molar-refractivity contribution in [2.45, 2.75) is 175 Å². The zero-order valence-electron chi connectivity index (χ0n) is 60.9. The van der Waals surface area contributed by atoms with Gasteiger partial charge in [-0.05, 0) is 290 Å². The third kappa shape index (κ3) is 21.8. The Morgan fingerprint density at radius 3 is 1.21 bits per heavy atom.